The number of piperidine rings is 1. The minimum absolute atomic E-state index is 0.159. The third-order valence-corrected chi connectivity index (χ3v) is 5.82. The van der Waals surface area contributed by atoms with Gasteiger partial charge in [0.25, 0.3) is 0 Å². The van der Waals surface area contributed by atoms with Gasteiger partial charge >= 0.3 is 0 Å². The standard InChI is InChI=1S/C21H34FN5O/c1-23-21(24-15-17-7-9-26(2)10-8-17)25-16-20(27-11-13-28-14-12-27)18-3-5-19(22)6-4-18/h3-6,17,20H,7-16H2,1-2H3,(H2,23,24,25). The molecule has 1 atom stereocenters. The van der Waals surface area contributed by atoms with Crippen molar-refractivity contribution in [2.45, 2.75) is 18.9 Å². The number of benzene rings is 1. The van der Waals surface area contributed by atoms with Crippen LogP contribution in [0.1, 0.15) is 24.4 Å². The Morgan fingerprint density at radius 3 is 2.46 bits per heavy atom. The zero-order valence-electron chi connectivity index (χ0n) is 17.2. The molecular formula is C21H34FN5O. The Kier molecular flexibility index (Phi) is 8.06. The largest absolute Gasteiger partial charge is 0.379 e. The zero-order chi connectivity index (χ0) is 19.8. The SMILES string of the molecule is CN=C(NCC1CCN(C)CC1)NCC(c1ccc(F)cc1)N1CCOCC1. The molecule has 0 aromatic heterocycles. The van der Waals surface area contributed by atoms with Crippen LogP contribution in [-0.4, -0.2) is 82.3 Å². The number of nitrogens with zero attached hydrogens (tertiary/aromatic N) is 3. The number of hydrogen-bond donors (Lipinski definition) is 2. The molecule has 0 amide bonds. The van der Waals surface area contributed by atoms with Gasteiger partial charge in [0.15, 0.2) is 5.96 Å². The Balaban J connectivity index is 1.55. The fourth-order valence-corrected chi connectivity index (χ4v) is 3.95. The smallest absolute Gasteiger partial charge is 0.191 e. The summed E-state index contributed by atoms with van der Waals surface area (Å²) < 4.78 is 18.9. The molecule has 1 unspecified atom stereocenters. The Bertz CT molecular complexity index is 610. The van der Waals surface area contributed by atoms with Gasteiger partial charge in [-0.25, -0.2) is 4.39 Å². The Labute approximate surface area is 168 Å². The lowest BCUT2D eigenvalue weighted by atomic mass is 9.97. The molecule has 0 saturated carbocycles. The first-order valence-corrected chi connectivity index (χ1v) is 10.4. The van der Waals surface area contributed by atoms with Crippen molar-refractivity contribution in [3.63, 3.8) is 0 Å². The van der Waals surface area contributed by atoms with Gasteiger partial charge in [-0.1, -0.05) is 12.1 Å². The first-order chi connectivity index (χ1) is 13.7. The molecule has 1 aromatic carbocycles. The maximum absolute atomic E-state index is 13.4. The van der Waals surface area contributed by atoms with Crippen molar-refractivity contribution in [3.8, 4) is 0 Å². The molecule has 156 valence electrons. The van der Waals surface area contributed by atoms with E-state index in [1.165, 1.54) is 38.1 Å². The number of ether oxygens (including phenoxy) is 1. The highest BCUT2D eigenvalue weighted by molar-refractivity contribution is 5.79. The highest BCUT2D eigenvalue weighted by Gasteiger charge is 2.23. The van der Waals surface area contributed by atoms with E-state index < -0.39 is 0 Å². The minimum Gasteiger partial charge on any atom is -0.379 e. The van der Waals surface area contributed by atoms with Gasteiger partial charge < -0.3 is 20.3 Å². The average Bonchev–Trinajstić information content (AvgIpc) is 2.73. The summed E-state index contributed by atoms with van der Waals surface area (Å²) in [5, 5.41) is 6.97. The quantitative estimate of drug-likeness (QED) is 0.571. The number of halogens is 1. The third kappa shape index (κ3) is 6.15. The van der Waals surface area contributed by atoms with Gasteiger partial charge in [0.1, 0.15) is 5.82 Å². The van der Waals surface area contributed by atoms with E-state index in [0.29, 0.717) is 5.92 Å². The van der Waals surface area contributed by atoms with Gasteiger partial charge in [0.05, 0.1) is 19.3 Å². The molecule has 0 aliphatic carbocycles. The Morgan fingerprint density at radius 2 is 1.82 bits per heavy atom. The van der Waals surface area contributed by atoms with Crippen molar-refractivity contribution in [1.82, 2.24) is 20.4 Å². The van der Waals surface area contributed by atoms with Gasteiger partial charge in [0.2, 0.25) is 0 Å². The van der Waals surface area contributed by atoms with Crippen LogP contribution in [0.15, 0.2) is 29.3 Å². The molecule has 0 bridgehead atoms. The van der Waals surface area contributed by atoms with Crippen LogP contribution in [-0.2, 0) is 4.74 Å². The molecule has 3 rings (SSSR count). The van der Waals surface area contributed by atoms with E-state index in [0.717, 1.165) is 50.9 Å². The number of nitrogens with one attached hydrogen (secondary N) is 2. The van der Waals surface area contributed by atoms with Crippen molar-refractivity contribution >= 4 is 5.96 Å². The molecule has 28 heavy (non-hydrogen) atoms. The van der Waals surface area contributed by atoms with E-state index in [1.807, 2.05) is 19.2 Å². The summed E-state index contributed by atoms with van der Waals surface area (Å²) >= 11 is 0. The molecule has 2 saturated heterocycles. The molecule has 1 aromatic rings. The summed E-state index contributed by atoms with van der Waals surface area (Å²) in [7, 11) is 4.00. The fraction of sp³-hybridized carbons (Fsp3) is 0.667. The number of likely N-dealkylation sites (tertiary alicyclic amines) is 1. The normalized spacial score (nSPS) is 21.5. The van der Waals surface area contributed by atoms with Gasteiger partial charge in [-0.3, -0.25) is 9.89 Å². The Morgan fingerprint density at radius 1 is 1.14 bits per heavy atom. The van der Waals surface area contributed by atoms with E-state index in [9.17, 15) is 4.39 Å². The van der Waals surface area contributed by atoms with Crippen molar-refractivity contribution in [3.05, 3.63) is 35.6 Å². The van der Waals surface area contributed by atoms with Gasteiger partial charge in [-0.05, 0) is 56.6 Å². The van der Waals surface area contributed by atoms with Gasteiger partial charge in [0, 0.05) is 33.2 Å². The fourth-order valence-electron chi connectivity index (χ4n) is 3.95. The van der Waals surface area contributed by atoms with Crippen LogP contribution in [0.3, 0.4) is 0 Å². The first-order valence-electron chi connectivity index (χ1n) is 10.4. The van der Waals surface area contributed by atoms with Gasteiger partial charge in [-0.2, -0.15) is 0 Å². The second-order valence-electron chi connectivity index (χ2n) is 7.80. The minimum atomic E-state index is -0.201. The molecule has 6 nitrogen and oxygen atoms in total. The van der Waals surface area contributed by atoms with E-state index in [2.05, 4.69) is 32.5 Å². The topological polar surface area (TPSA) is 52.1 Å². The molecule has 2 heterocycles. The van der Waals surface area contributed by atoms with Crippen LogP contribution in [0.2, 0.25) is 0 Å². The highest BCUT2D eigenvalue weighted by atomic mass is 19.1. The summed E-state index contributed by atoms with van der Waals surface area (Å²) in [6.45, 7) is 7.24. The number of rotatable bonds is 6. The lowest BCUT2D eigenvalue weighted by molar-refractivity contribution is 0.0170. The van der Waals surface area contributed by atoms with Crippen LogP contribution in [0.25, 0.3) is 0 Å². The molecule has 0 spiro atoms. The second kappa shape index (κ2) is 10.7. The molecule has 2 aliphatic heterocycles. The Hall–Kier alpha value is -1.70. The lowest BCUT2D eigenvalue weighted by Gasteiger charge is -2.35. The van der Waals surface area contributed by atoms with Gasteiger partial charge in [-0.15, -0.1) is 0 Å². The monoisotopic (exact) mass is 391 g/mol. The summed E-state index contributed by atoms with van der Waals surface area (Å²) in [6.07, 6.45) is 2.46. The van der Waals surface area contributed by atoms with Crippen LogP contribution in [0.4, 0.5) is 4.39 Å². The van der Waals surface area contributed by atoms with Crippen molar-refractivity contribution in [2.24, 2.45) is 10.9 Å². The molecule has 2 aliphatic rings. The first kappa shape index (κ1) is 21.0. The summed E-state index contributed by atoms with van der Waals surface area (Å²) in [5.41, 5.74) is 1.11. The van der Waals surface area contributed by atoms with Crippen molar-refractivity contribution in [1.29, 1.82) is 0 Å². The van der Waals surface area contributed by atoms with Crippen LogP contribution in [0.5, 0.6) is 0 Å². The summed E-state index contributed by atoms with van der Waals surface area (Å²) in [6, 6.07) is 7.00. The highest BCUT2D eigenvalue weighted by Crippen LogP contribution is 2.21. The number of aliphatic imine (C=N–C) groups is 1. The molecule has 2 fully saturated rings. The predicted octanol–water partition coefficient (Wildman–Crippen LogP) is 1.71. The van der Waals surface area contributed by atoms with Crippen molar-refractivity contribution in [2.75, 3.05) is 66.6 Å². The van der Waals surface area contributed by atoms with Crippen molar-refractivity contribution < 1.29 is 9.13 Å². The number of guanidine groups is 1. The van der Waals surface area contributed by atoms with E-state index in [1.54, 1.807) is 0 Å². The van der Waals surface area contributed by atoms with E-state index >= 15 is 0 Å². The molecule has 0 radical (unpaired) electrons. The number of morpholine rings is 1. The van der Waals surface area contributed by atoms with Crippen LogP contribution < -0.4 is 10.6 Å². The second-order valence-corrected chi connectivity index (χ2v) is 7.80. The lowest BCUT2D eigenvalue weighted by Crippen LogP contribution is -2.47. The average molecular weight is 392 g/mol. The van der Waals surface area contributed by atoms with E-state index in [4.69, 9.17) is 4.74 Å². The maximum atomic E-state index is 13.4. The molecular weight excluding hydrogens is 357 g/mol. The predicted molar refractivity (Wildman–Crippen MR) is 111 cm³/mol. The number of hydrogen-bond acceptors (Lipinski definition) is 4. The zero-order valence-corrected chi connectivity index (χ0v) is 17.2. The maximum Gasteiger partial charge on any atom is 0.191 e. The summed E-state index contributed by atoms with van der Waals surface area (Å²) in [5.74, 6) is 1.33. The van der Waals surface area contributed by atoms with Crippen LogP contribution >= 0.6 is 0 Å². The third-order valence-electron chi connectivity index (χ3n) is 5.82. The van der Waals surface area contributed by atoms with Crippen LogP contribution in [0, 0.1) is 11.7 Å². The molecule has 7 heteroatoms. The van der Waals surface area contributed by atoms with E-state index in [-0.39, 0.29) is 11.9 Å². The molecule has 2 N–H and O–H groups in total. The summed E-state index contributed by atoms with van der Waals surface area (Å²) in [4.78, 5) is 9.18.